The number of hydrogen-bond donors (Lipinski definition) is 1. The minimum Gasteiger partial charge on any atom is -0.493 e. The first-order chi connectivity index (χ1) is 9.19. The summed E-state index contributed by atoms with van der Waals surface area (Å²) in [4.78, 5) is 11.4. The maximum absolute atomic E-state index is 11.4. The average Bonchev–Trinajstić information content (AvgIpc) is 2.83. The predicted octanol–water partition coefficient (Wildman–Crippen LogP) is 2.67. The van der Waals surface area contributed by atoms with Crippen LogP contribution >= 0.6 is 0 Å². The highest BCUT2D eigenvalue weighted by molar-refractivity contribution is 5.95. The number of benzene rings is 1. The van der Waals surface area contributed by atoms with E-state index in [-0.39, 0.29) is 5.69 Å². The molecule has 100 valence electrons. The Labute approximate surface area is 111 Å². The number of para-hydroxylation sites is 1. The van der Waals surface area contributed by atoms with Crippen LogP contribution in [-0.2, 0) is 6.54 Å². The molecule has 0 saturated carbocycles. The SMILES string of the molecule is CCOc1ccccc1-c1cnn(CC)c1C(=O)O. The van der Waals surface area contributed by atoms with E-state index in [1.54, 1.807) is 6.20 Å². The molecule has 0 saturated heterocycles. The molecule has 2 aromatic rings. The molecule has 0 aliphatic carbocycles. The quantitative estimate of drug-likeness (QED) is 0.897. The van der Waals surface area contributed by atoms with E-state index in [1.807, 2.05) is 38.1 Å². The summed E-state index contributed by atoms with van der Waals surface area (Å²) in [5, 5.41) is 13.5. The lowest BCUT2D eigenvalue weighted by Gasteiger charge is -2.09. The van der Waals surface area contributed by atoms with Gasteiger partial charge in [-0.2, -0.15) is 5.10 Å². The highest BCUT2D eigenvalue weighted by Gasteiger charge is 2.20. The minimum atomic E-state index is -0.986. The Morgan fingerprint density at radius 1 is 1.32 bits per heavy atom. The Morgan fingerprint density at radius 3 is 2.68 bits per heavy atom. The number of aromatic nitrogens is 2. The Morgan fingerprint density at radius 2 is 2.05 bits per heavy atom. The van der Waals surface area contributed by atoms with E-state index < -0.39 is 5.97 Å². The summed E-state index contributed by atoms with van der Waals surface area (Å²) in [6.07, 6.45) is 1.57. The van der Waals surface area contributed by atoms with E-state index >= 15 is 0 Å². The Balaban J connectivity index is 2.59. The van der Waals surface area contributed by atoms with Crippen LogP contribution in [0.2, 0.25) is 0 Å². The van der Waals surface area contributed by atoms with E-state index in [2.05, 4.69) is 5.10 Å². The van der Waals surface area contributed by atoms with Gasteiger partial charge in [0.2, 0.25) is 0 Å². The van der Waals surface area contributed by atoms with Crippen molar-refractivity contribution in [2.24, 2.45) is 0 Å². The molecule has 0 fully saturated rings. The van der Waals surface area contributed by atoms with Gasteiger partial charge in [0.05, 0.1) is 12.8 Å². The van der Waals surface area contributed by atoms with Crippen molar-refractivity contribution in [3.05, 3.63) is 36.2 Å². The average molecular weight is 260 g/mol. The largest absolute Gasteiger partial charge is 0.493 e. The molecule has 0 aliphatic rings. The van der Waals surface area contributed by atoms with Crippen molar-refractivity contribution in [1.29, 1.82) is 0 Å². The van der Waals surface area contributed by atoms with E-state index in [1.165, 1.54) is 4.68 Å². The fourth-order valence-corrected chi connectivity index (χ4v) is 2.02. The Kier molecular flexibility index (Phi) is 3.85. The molecule has 19 heavy (non-hydrogen) atoms. The van der Waals surface area contributed by atoms with E-state index in [0.717, 1.165) is 5.56 Å². The van der Waals surface area contributed by atoms with Gasteiger partial charge in [0, 0.05) is 17.7 Å². The lowest BCUT2D eigenvalue weighted by molar-refractivity contribution is 0.0684. The second kappa shape index (κ2) is 5.56. The minimum absolute atomic E-state index is 0.189. The number of aromatic carboxylic acids is 1. The van der Waals surface area contributed by atoms with Crippen LogP contribution < -0.4 is 4.74 Å². The van der Waals surface area contributed by atoms with Crippen molar-refractivity contribution in [2.75, 3.05) is 6.61 Å². The zero-order valence-corrected chi connectivity index (χ0v) is 11.0. The topological polar surface area (TPSA) is 64.4 Å². The van der Waals surface area contributed by atoms with Crippen LogP contribution in [-0.4, -0.2) is 27.5 Å². The lowest BCUT2D eigenvalue weighted by Crippen LogP contribution is -2.09. The van der Waals surface area contributed by atoms with Gasteiger partial charge in [-0.3, -0.25) is 4.68 Å². The molecule has 1 heterocycles. The maximum atomic E-state index is 11.4. The zero-order valence-electron chi connectivity index (χ0n) is 11.0. The fourth-order valence-electron chi connectivity index (χ4n) is 2.02. The van der Waals surface area contributed by atoms with Crippen molar-refractivity contribution >= 4 is 5.97 Å². The second-order valence-electron chi connectivity index (χ2n) is 3.96. The number of carbonyl (C=O) groups is 1. The first-order valence-electron chi connectivity index (χ1n) is 6.20. The van der Waals surface area contributed by atoms with Gasteiger partial charge in [-0.1, -0.05) is 18.2 Å². The van der Waals surface area contributed by atoms with Crippen molar-refractivity contribution < 1.29 is 14.6 Å². The Hall–Kier alpha value is -2.30. The van der Waals surface area contributed by atoms with Gasteiger partial charge in [0.1, 0.15) is 5.75 Å². The number of rotatable bonds is 5. The standard InChI is InChI=1S/C14H16N2O3/c1-3-16-13(14(17)18)11(9-15-16)10-7-5-6-8-12(10)19-4-2/h5-9H,3-4H2,1-2H3,(H,17,18). The number of carboxylic acid groups (broad SMARTS) is 1. The summed E-state index contributed by atoms with van der Waals surface area (Å²) in [5.41, 5.74) is 1.52. The number of carboxylic acids is 1. The van der Waals surface area contributed by atoms with Crippen molar-refractivity contribution in [1.82, 2.24) is 9.78 Å². The summed E-state index contributed by atoms with van der Waals surface area (Å²) >= 11 is 0. The van der Waals surface area contributed by atoms with E-state index in [0.29, 0.717) is 24.5 Å². The highest BCUT2D eigenvalue weighted by Crippen LogP contribution is 2.32. The number of ether oxygens (including phenoxy) is 1. The third kappa shape index (κ3) is 2.45. The van der Waals surface area contributed by atoms with Crippen LogP contribution in [0.5, 0.6) is 5.75 Å². The van der Waals surface area contributed by atoms with Gasteiger partial charge in [-0.25, -0.2) is 4.79 Å². The number of aryl methyl sites for hydroxylation is 1. The molecule has 0 radical (unpaired) electrons. The molecule has 1 aromatic heterocycles. The summed E-state index contributed by atoms with van der Waals surface area (Å²) < 4.78 is 7.01. The molecule has 0 unspecified atom stereocenters. The molecule has 5 heteroatoms. The van der Waals surface area contributed by atoms with Gasteiger partial charge < -0.3 is 9.84 Å². The van der Waals surface area contributed by atoms with Crippen molar-refractivity contribution in [3.8, 4) is 16.9 Å². The second-order valence-corrected chi connectivity index (χ2v) is 3.96. The molecule has 0 amide bonds. The maximum Gasteiger partial charge on any atom is 0.354 e. The van der Waals surface area contributed by atoms with Gasteiger partial charge in [-0.15, -0.1) is 0 Å². The third-order valence-electron chi connectivity index (χ3n) is 2.82. The van der Waals surface area contributed by atoms with Gasteiger partial charge in [-0.05, 0) is 19.9 Å². The van der Waals surface area contributed by atoms with E-state index in [4.69, 9.17) is 4.74 Å². The molecular weight excluding hydrogens is 244 g/mol. The highest BCUT2D eigenvalue weighted by atomic mass is 16.5. The van der Waals surface area contributed by atoms with Crippen LogP contribution in [0, 0.1) is 0 Å². The molecule has 0 spiro atoms. The summed E-state index contributed by atoms with van der Waals surface area (Å²) in [7, 11) is 0. The summed E-state index contributed by atoms with van der Waals surface area (Å²) in [5.74, 6) is -0.316. The van der Waals surface area contributed by atoms with Crippen LogP contribution in [0.3, 0.4) is 0 Å². The van der Waals surface area contributed by atoms with Gasteiger partial charge >= 0.3 is 5.97 Å². The van der Waals surface area contributed by atoms with Crippen molar-refractivity contribution in [3.63, 3.8) is 0 Å². The fraction of sp³-hybridized carbons (Fsp3) is 0.286. The zero-order chi connectivity index (χ0) is 13.8. The summed E-state index contributed by atoms with van der Waals surface area (Å²) in [6.45, 7) is 4.79. The molecule has 5 nitrogen and oxygen atoms in total. The summed E-state index contributed by atoms with van der Waals surface area (Å²) in [6, 6.07) is 7.38. The molecule has 1 N–H and O–H groups in total. The van der Waals surface area contributed by atoms with Crippen LogP contribution in [0.1, 0.15) is 24.3 Å². The Bertz CT molecular complexity index is 590. The molecule has 1 aromatic carbocycles. The molecule has 0 bridgehead atoms. The first-order valence-corrected chi connectivity index (χ1v) is 6.20. The molecule has 2 rings (SSSR count). The smallest absolute Gasteiger partial charge is 0.354 e. The van der Waals surface area contributed by atoms with Gasteiger partial charge in [0.25, 0.3) is 0 Å². The van der Waals surface area contributed by atoms with Crippen molar-refractivity contribution in [2.45, 2.75) is 20.4 Å². The normalized spacial score (nSPS) is 10.4. The molecule has 0 aliphatic heterocycles. The van der Waals surface area contributed by atoms with Crippen LogP contribution in [0.4, 0.5) is 0 Å². The lowest BCUT2D eigenvalue weighted by atomic mass is 10.1. The third-order valence-corrected chi connectivity index (χ3v) is 2.82. The number of nitrogens with zero attached hydrogens (tertiary/aromatic N) is 2. The predicted molar refractivity (Wildman–Crippen MR) is 71.5 cm³/mol. The van der Waals surface area contributed by atoms with Gasteiger partial charge in [0.15, 0.2) is 5.69 Å². The van der Waals surface area contributed by atoms with Crippen LogP contribution in [0.15, 0.2) is 30.5 Å². The number of hydrogen-bond acceptors (Lipinski definition) is 3. The molecular formula is C14H16N2O3. The van der Waals surface area contributed by atoms with E-state index in [9.17, 15) is 9.90 Å². The van der Waals surface area contributed by atoms with Crippen LogP contribution in [0.25, 0.3) is 11.1 Å². The first kappa shape index (κ1) is 13.1. The molecule has 0 atom stereocenters. The monoisotopic (exact) mass is 260 g/mol.